The first-order valence-corrected chi connectivity index (χ1v) is 8.93. The summed E-state index contributed by atoms with van der Waals surface area (Å²) in [5, 5.41) is 1.94. The molecule has 0 bridgehead atoms. The van der Waals surface area contributed by atoms with Gasteiger partial charge in [0.2, 0.25) is 0 Å². The molecule has 0 N–H and O–H groups in total. The minimum Gasteiger partial charge on any atom is -0.309 e. The number of hydrogen-bond acceptors (Lipinski definition) is 1. The molecule has 3 aromatic rings. The maximum absolute atomic E-state index is 13.9. The standard InChI is InChI=1S/C19H15F2OP/c20-19(21)15-11-13-18(14-12-15)23(22,16-7-3-1-4-8-16)17-9-5-2-6-10-17/h1-14,19H. The second kappa shape index (κ2) is 6.47. The quantitative estimate of drug-likeness (QED) is 0.654. The summed E-state index contributed by atoms with van der Waals surface area (Å²) < 4.78 is 39.5. The van der Waals surface area contributed by atoms with E-state index in [1.165, 1.54) is 12.1 Å². The van der Waals surface area contributed by atoms with Gasteiger partial charge >= 0.3 is 0 Å². The number of alkyl halides is 2. The highest BCUT2D eigenvalue weighted by Gasteiger charge is 2.29. The molecule has 0 amide bonds. The van der Waals surface area contributed by atoms with E-state index in [4.69, 9.17) is 0 Å². The largest absolute Gasteiger partial charge is 0.309 e. The van der Waals surface area contributed by atoms with E-state index in [-0.39, 0.29) is 5.56 Å². The molecule has 0 unspecified atom stereocenters. The Hall–Kier alpha value is -2.25. The van der Waals surface area contributed by atoms with Crippen molar-refractivity contribution in [3.05, 3.63) is 90.5 Å². The predicted octanol–water partition coefficient (Wildman–Crippen LogP) is 4.26. The first-order valence-electron chi connectivity index (χ1n) is 7.22. The van der Waals surface area contributed by atoms with Gasteiger partial charge < -0.3 is 4.57 Å². The first-order chi connectivity index (χ1) is 11.1. The lowest BCUT2D eigenvalue weighted by Gasteiger charge is -2.20. The summed E-state index contributed by atoms with van der Waals surface area (Å²) >= 11 is 0. The van der Waals surface area contributed by atoms with E-state index in [0.717, 1.165) is 0 Å². The molecule has 0 aliphatic rings. The fraction of sp³-hybridized carbons (Fsp3) is 0.0526. The van der Waals surface area contributed by atoms with Crippen molar-refractivity contribution in [3.63, 3.8) is 0 Å². The average Bonchev–Trinajstić information content (AvgIpc) is 2.62. The van der Waals surface area contributed by atoms with E-state index in [9.17, 15) is 13.3 Å². The van der Waals surface area contributed by atoms with Crippen LogP contribution in [0.4, 0.5) is 8.78 Å². The van der Waals surface area contributed by atoms with Crippen LogP contribution in [0.15, 0.2) is 84.9 Å². The van der Waals surface area contributed by atoms with Crippen molar-refractivity contribution in [2.24, 2.45) is 0 Å². The highest BCUT2D eigenvalue weighted by atomic mass is 31.2. The van der Waals surface area contributed by atoms with Crippen LogP contribution in [0.3, 0.4) is 0 Å². The van der Waals surface area contributed by atoms with Crippen molar-refractivity contribution in [2.45, 2.75) is 6.43 Å². The molecular formula is C19H15F2OP. The molecular weight excluding hydrogens is 313 g/mol. The van der Waals surface area contributed by atoms with Gasteiger partial charge in [-0.25, -0.2) is 8.78 Å². The monoisotopic (exact) mass is 328 g/mol. The van der Waals surface area contributed by atoms with Crippen molar-refractivity contribution in [3.8, 4) is 0 Å². The van der Waals surface area contributed by atoms with Gasteiger partial charge in [-0.1, -0.05) is 84.9 Å². The van der Waals surface area contributed by atoms with Crippen molar-refractivity contribution in [1.82, 2.24) is 0 Å². The maximum Gasteiger partial charge on any atom is 0.263 e. The summed E-state index contributed by atoms with van der Waals surface area (Å²) in [6.45, 7) is 0. The number of benzene rings is 3. The topological polar surface area (TPSA) is 17.1 Å². The molecule has 0 fully saturated rings. The lowest BCUT2D eigenvalue weighted by molar-refractivity contribution is 0.151. The highest BCUT2D eigenvalue weighted by Crippen LogP contribution is 2.42. The van der Waals surface area contributed by atoms with Crippen LogP contribution in [-0.4, -0.2) is 0 Å². The van der Waals surface area contributed by atoms with Gasteiger partial charge in [0, 0.05) is 21.5 Å². The second-order valence-electron chi connectivity index (χ2n) is 5.17. The molecule has 0 atom stereocenters. The molecule has 0 spiro atoms. The molecule has 0 saturated carbocycles. The first kappa shape index (κ1) is 15.6. The lowest BCUT2D eigenvalue weighted by Crippen LogP contribution is -2.24. The fourth-order valence-corrected chi connectivity index (χ4v) is 5.20. The summed E-state index contributed by atoms with van der Waals surface area (Å²) in [5.41, 5.74) is -0.0681. The minimum absolute atomic E-state index is 0.0681. The molecule has 0 aromatic heterocycles. The van der Waals surface area contributed by atoms with Crippen LogP contribution in [0.1, 0.15) is 12.0 Å². The lowest BCUT2D eigenvalue weighted by atomic mass is 10.2. The maximum atomic E-state index is 13.9. The van der Waals surface area contributed by atoms with Crippen molar-refractivity contribution >= 4 is 23.1 Å². The van der Waals surface area contributed by atoms with Gasteiger partial charge in [0.1, 0.15) is 0 Å². The smallest absolute Gasteiger partial charge is 0.263 e. The Morgan fingerprint density at radius 3 is 1.39 bits per heavy atom. The Balaban J connectivity index is 2.19. The number of hydrogen-bond donors (Lipinski definition) is 0. The van der Waals surface area contributed by atoms with Crippen LogP contribution in [0.25, 0.3) is 0 Å². The summed E-state index contributed by atoms with van der Waals surface area (Å²) in [5.74, 6) is 0. The molecule has 116 valence electrons. The van der Waals surface area contributed by atoms with Gasteiger partial charge in [-0.2, -0.15) is 0 Å². The van der Waals surface area contributed by atoms with Crippen LogP contribution in [0.5, 0.6) is 0 Å². The normalized spacial score (nSPS) is 11.6. The summed E-state index contributed by atoms with van der Waals surface area (Å²) in [4.78, 5) is 0. The molecule has 23 heavy (non-hydrogen) atoms. The Labute approximate surface area is 134 Å². The molecule has 3 rings (SSSR count). The zero-order chi connectivity index (χ0) is 16.3. The zero-order valence-electron chi connectivity index (χ0n) is 12.3. The van der Waals surface area contributed by atoms with Crippen molar-refractivity contribution in [1.29, 1.82) is 0 Å². The SMILES string of the molecule is O=P(c1ccccc1)(c1ccccc1)c1ccc(C(F)F)cc1. The van der Waals surface area contributed by atoms with E-state index in [1.54, 1.807) is 12.1 Å². The third-order valence-corrected chi connectivity index (χ3v) is 6.82. The third-order valence-electron chi connectivity index (χ3n) is 3.75. The third kappa shape index (κ3) is 2.97. The average molecular weight is 328 g/mol. The molecule has 0 radical (unpaired) electrons. The second-order valence-corrected chi connectivity index (χ2v) is 7.94. The van der Waals surface area contributed by atoms with Gasteiger partial charge in [-0.05, 0) is 0 Å². The van der Waals surface area contributed by atoms with E-state index < -0.39 is 13.6 Å². The minimum atomic E-state index is -3.07. The molecule has 0 aliphatic heterocycles. The molecule has 0 aliphatic carbocycles. The van der Waals surface area contributed by atoms with Crippen LogP contribution in [0.2, 0.25) is 0 Å². The van der Waals surface area contributed by atoms with Gasteiger partial charge in [-0.3, -0.25) is 0 Å². The van der Waals surface area contributed by atoms with Gasteiger partial charge in [0.25, 0.3) is 6.43 Å². The van der Waals surface area contributed by atoms with Crippen LogP contribution < -0.4 is 15.9 Å². The van der Waals surface area contributed by atoms with E-state index in [2.05, 4.69) is 0 Å². The molecule has 0 saturated heterocycles. The predicted molar refractivity (Wildman–Crippen MR) is 90.8 cm³/mol. The number of rotatable bonds is 4. The molecule has 0 heterocycles. The van der Waals surface area contributed by atoms with Crippen molar-refractivity contribution < 1.29 is 13.3 Å². The summed E-state index contributed by atoms with van der Waals surface area (Å²) in [6.07, 6.45) is -2.53. The van der Waals surface area contributed by atoms with Gasteiger partial charge in [0.15, 0.2) is 7.14 Å². The van der Waals surface area contributed by atoms with E-state index in [0.29, 0.717) is 15.9 Å². The van der Waals surface area contributed by atoms with Crippen LogP contribution >= 0.6 is 7.14 Å². The van der Waals surface area contributed by atoms with Gasteiger partial charge in [-0.15, -0.1) is 0 Å². The molecule has 3 aromatic carbocycles. The summed E-state index contributed by atoms with van der Waals surface area (Å²) in [7, 11) is -3.07. The fourth-order valence-electron chi connectivity index (χ4n) is 2.55. The number of halogens is 2. The highest BCUT2D eigenvalue weighted by molar-refractivity contribution is 7.85. The Kier molecular flexibility index (Phi) is 4.40. The summed E-state index contributed by atoms with van der Waals surface area (Å²) in [6, 6.07) is 24.1. The Morgan fingerprint density at radius 1 is 0.609 bits per heavy atom. The Bertz CT molecular complexity index is 772. The Morgan fingerprint density at radius 2 is 1.00 bits per heavy atom. The molecule has 4 heteroatoms. The van der Waals surface area contributed by atoms with Crippen LogP contribution in [-0.2, 0) is 4.57 Å². The van der Waals surface area contributed by atoms with Crippen LogP contribution in [0, 0.1) is 0 Å². The zero-order valence-corrected chi connectivity index (χ0v) is 13.2. The van der Waals surface area contributed by atoms with Gasteiger partial charge in [0.05, 0.1) is 0 Å². The molecule has 1 nitrogen and oxygen atoms in total. The van der Waals surface area contributed by atoms with E-state index in [1.807, 2.05) is 60.7 Å². The van der Waals surface area contributed by atoms with E-state index >= 15 is 0 Å². The van der Waals surface area contributed by atoms with Crippen molar-refractivity contribution in [2.75, 3.05) is 0 Å².